The summed E-state index contributed by atoms with van der Waals surface area (Å²) in [4.78, 5) is 10.0. The summed E-state index contributed by atoms with van der Waals surface area (Å²) in [5, 5.41) is 11.1. The quantitative estimate of drug-likeness (QED) is 0.496. The summed E-state index contributed by atoms with van der Waals surface area (Å²) in [6.07, 6.45) is 6.45. The summed E-state index contributed by atoms with van der Waals surface area (Å²) < 4.78 is 27.0. The van der Waals surface area contributed by atoms with E-state index in [0.717, 1.165) is 0 Å². The van der Waals surface area contributed by atoms with E-state index < -0.39 is 26.7 Å². The minimum absolute atomic E-state index is 0.355. The molecule has 0 radical (unpaired) electrons. The zero-order chi connectivity index (χ0) is 16.2. The van der Waals surface area contributed by atoms with Gasteiger partial charge in [0.25, 0.3) is 5.69 Å². The molecular weight excluding hydrogens is 292 g/mol. The van der Waals surface area contributed by atoms with Crippen molar-refractivity contribution < 1.29 is 13.3 Å². The van der Waals surface area contributed by atoms with E-state index in [-0.39, 0.29) is 4.90 Å². The van der Waals surface area contributed by atoms with Crippen LogP contribution in [-0.4, -0.2) is 19.4 Å². The van der Waals surface area contributed by atoms with Crippen molar-refractivity contribution in [1.29, 1.82) is 0 Å². The van der Waals surface area contributed by atoms with Crippen LogP contribution >= 0.6 is 0 Å². The first-order valence-electron chi connectivity index (χ1n) is 6.47. The molecule has 0 saturated heterocycles. The summed E-state index contributed by atoms with van der Waals surface area (Å²) in [6, 6.07) is 1.88. The molecule has 0 aromatic heterocycles. The predicted octanol–water partition coefficient (Wildman–Crippen LogP) is 2.29. The third-order valence-corrected chi connectivity index (χ3v) is 4.64. The molecule has 0 aliphatic rings. The van der Waals surface area contributed by atoms with Gasteiger partial charge in [0.1, 0.15) is 0 Å². The SMILES string of the molecule is C#CC(CCC)NS(=O)(=O)c1cc(C)c(C)cc1[N+](=O)[O-]. The van der Waals surface area contributed by atoms with Gasteiger partial charge in [-0.25, -0.2) is 8.42 Å². The van der Waals surface area contributed by atoms with Crippen LogP contribution in [0.25, 0.3) is 0 Å². The fourth-order valence-corrected chi connectivity index (χ4v) is 3.28. The number of nitrogens with one attached hydrogen (secondary N) is 1. The van der Waals surface area contributed by atoms with Crippen LogP contribution in [0.5, 0.6) is 0 Å². The van der Waals surface area contributed by atoms with Crippen molar-refractivity contribution in [1.82, 2.24) is 4.72 Å². The van der Waals surface area contributed by atoms with E-state index in [0.29, 0.717) is 24.0 Å². The van der Waals surface area contributed by atoms with Crippen molar-refractivity contribution in [3.63, 3.8) is 0 Å². The third-order valence-electron chi connectivity index (χ3n) is 3.14. The number of hydrogen-bond donors (Lipinski definition) is 1. The Labute approximate surface area is 124 Å². The molecule has 0 aliphatic heterocycles. The normalized spacial score (nSPS) is 12.7. The molecule has 0 heterocycles. The van der Waals surface area contributed by atoms with Crippen LogP contribution in [0.3, 0.4) is 0 Å². The molecular formula is C14H18N2O4S. The Kier molecular flexibility index (Phi) is 5.47. The number of nitrogens with zero attached hydrogens (tertiary/aromatic N) is 1. The van der Waals surface area contributed by atoms with Crippen molar-refractivity contribution in [3.8, 4) is 12.3 Å². The van der Waals surface area contributed by atoms with Crippen LogP contribution in [0, 0.1) is 36.3 Å². The van der Waals surface area contributed by atoms with Gasteiger partial charge in [0, 0.05) is 6.07 Å². The minimum Gasteiger partial charge on any atom is -0.258 e. The topological polar surface area (TPSA) is 89.3 Å². The van der Waals surface area contributed by atoms with Gasteiger partial charge in [0.2, 0.25) is 10.0 Å². The molecule has 0 aliphatic carbocycles. The summed E-state index contributed by atoms with van der Waals surface area (Å²) in [5.74, 6) is 2.34. The van der Waals surface area contributed by atoms with Gasteiger partial charge in [-0.3, -0.25) is 10.1 Å². The van der Waals surface area contributed by atoms with Gasteiger partial charge >= 0.3 is 0 Å². The van der Waals surface area contributed by atoms with Gasteiger partial charge in [-0.2, -0.15) is 4.72 Å². The van der Waals surface area contributed by atoms with Crippen molar-refractivity contribution in [2.75, 3.05) is 0 Å². The second kappa shape index (κ2) is 6.70. The van der Waals surface area contributed by atoms with E-state index in [4.69, 9.17) is 6.42 Å². The predicted molar refractivity (Wildman–Crippen MR) is 80.4 cm³/mol. The average Bonchev–Trinajstić information content (AvgIpc) is 2.40. The minimum atomic E-state index is -4.04. The van der Waals surface area contributed by atoms with Crippen molar-refractivity contribution in [2.24, 2.45) is 0 Å². The number of nitro groups is 1. The first kappa shape index (κ1) is 17.1. The largest absolute Gasteiger partial charge is 0.289 e. The monoisotopic (exact) mass is 310 g/mol. The maximum absolute atomic E-state index is 12.4. The number of hydrogen-bond acceptors (Lipinski definition) is 4. The maximum Gasteiger partial charge on any atom is 0.289 e. The zero-order valence-electron chi connectivity index (χ0n) is 12.2. The Balaban J connectivity index is 3.34. The standard InChI is InChI=1S/C14H18N2O4S/c1-5-7-12(6-2)15-21(19,20)14-9-11(4)10(3)8-13(14)16(17)18/h2,8-9,12,15H,5,7H2,1,3-4H3. The van der Waals surface area contributed by atoms with Crippen molar-refractivity contribution in [2.45, 2.75) is 44.6 Å². The average molecular weight is 310 g/mol. The van der Waals surface area contributed by atoms with E-state index in [1.807, 2.05) is 6.92 Å². The summed E-state index contributed by atoms with van der Waals surface area (Å²) in [5.41, 5.74) is 0.870. The second-order valence-corrected chi connectivity index (χ2v) is 6.47. The first-order chi connectivity index (χ1) is 9.72. The fraction of sp³-hybridized carbons (Fsp3) is 0.429. The van der Waals surface area contributed by atoms with E-state index in [1.165, 1.54) is 12.1 Å². The van der Waals surface area contributed by atoms with Gasteiger partial charge in [0.05, 0.1) is 11.0 Å². The molecule has 21 heavy (non-hydrogen) atoms. The van der Waals surface area contributed by atoms with Gasteiger partial charge in [-0.15, -0.1) is 6.42 Å². The van der Waals surface area contributed by atoms with Crippen molar-refractivity contribution >= 4 is 15.7 Å². The molecule has 7 heteroatoms. The fourth-order valence-electron chi connectivity index (χ4n) is 1.85. The molecule has 0 fully saturated rings. The number of aryl methyl sites for hydroxylation is 2. The summed E-state index contributed by atoms with van der Waals surface area (Å²) in [7, 11) is -4.04. The lowest BCUT2D eigenvalue weighted by Crippen LogP contribution is -2.34. The highest BCUT2D eigenvalue weighted by Crippen LogP contribution is 2.27. The third kappa shape index (κ3) is 4.03. The Morgan fingerprint density at radius 1 is 1.38 bits per heavy atom. The highest BCUT2D eigenvalue weighted by molar-refractivity contribution is 7.89. The number of rotatable bonds is 6. The van der Waals surface area contributed by atoms with E-state index in [2.05, 4.69) is 10.6 Å². The Bertz CT molecular complexity index is 690. The van der Waals surface area contributed by atoms with Gasteiger partial charge in [0.15, 0.2) is 4.90 Å². The Morgan fingerprint density at radius 2 is 1.95 bits per heavy atom. The first-order valence-corrected chi connectivity index (χ1v) is 7.95. The Hall–Kier alpha value is -1.91. The molecule has 1 aromatic carbocycles. The second-order valence-electron chi connectivity index (χ2n) is 4.79. The molecule has 0 spiro atoms. The maximum atomic E-state index is 12.4. The van der Waals surface area contributed by atoms with E-state index >= 15 is 0 Å². The molecule has 0 bridgehead atoms. The molecule has 1 atom stereocenters. The smallest absolute Gasteiger partial charge is 0.258 e. The van der Waals surface area contributed by atoms with Crippen LogP contribution < -0.4 is 4.72 Å². The number of terminal acetylenes is 1. The highest BCUT2D eigenvalue weighted by atomic mass is 32.2. The molecule has 1 N–H and O–H groups in total. The molecule has 114 valence electrons. The van der Waals surface area contributed by atoms with Crippen molar-refractivity contribution in [3.05, 3.63) is 33.4 Å². The highest BCUT2D eigenvalue weighted by Gasteiger charge is 2.28. The molecule has 0 amide bonds. The van der Waals surface area contributed by atoms with Crippen LogP contribution in [0.4, 0.5) is 5.69 Å². The van der Waals surface area contributed by atoms with Gasteiger partial charge in [-0.1, -0.05) is 19.3 Å². The number of nitro benzene ring substituents is 1. The lowest BCUT2D eigenvalue weighted by molar-refractivity contribution is -0.387. The van der Waals surface area contributed by atoms with Gasteiger partial charge in [-0.05, 0) is 37.5 Å². The molecule has 1 rings (SSSR count). The van der Waals surface area contributed by atoms with Crippen LogP contribution in [0.2, 0.25) is 0 Å². The van der Waals surface area contributed by atoms with Gasteiger partial charge < -0.3 is 0 Å². The van der Waals surface area contributed by atoms with E-state index in [1.54, 1.807) is 13.8 Å². The van der Waals surface area contributed by atoms with Crippen LogP contribution in [0.15, 0.2) is 17.0 Å². The summed E-state index contributed by atoms with van der Waals surface area (Å²) >= 11 is 0. The molecule has 6 nitrogen and oxygen atoms in total. The van der Waals surface area contributed by atoms with E-state index in [9.17, 15) is 18.5 Å². The molecule has 1 unspecified atom stereocenters. The van der Waals surface area contributed by atoms with Crippen LogP contribution in [-0.2, 0) is 10.0 Å². The number of benzene rings is 1. The molecule has 1 aromatic rings. The molecule has 0 saturated carbocycles. The summed E-state index contributed by atoms with van der Waals surface area (Å²) in [6.45, 7) is 5.26. The Morgan fingerprint density at radius 3 is 2.43 bits per heavy atom. The lowest BCUT2D eigenvalue weighted by atomic mass is 10.1. The van der Waals surface area contributed by atoms with Crippen LogP contribution in [0.1, 0.15) is 30.9 Å². The number of sulfonamides is 1. The lowest BCUT2D eigenvalue weighted by Gasteiger charge is -2.13. The zero-order valence-corrected chi connectivity index (χ0v) is 13.0.